The number of alkyl halides is 3. The molecule has 1 N–H and O–H groups in total. The van der Waals surface area contributed by atoms with E-state index in [4.69, 9.17) is 0 Å². The Bertz CT molecular complexity index is 1010. The fourth-order valence-corrected chi connectivity index (χ4v) is 7.99. The van der Waals surface area contributed by atoms with Gasteiger partial charge in [0.2, 0.25) is 15.9 Å². The first-order chi connectivity index (χ1) is 16.7. The Morgan fingerprint density at radius 2 is 1.54 bits per heavy atom. The number of nitrogens with one attached hydrogen (secondary N) is 1. The number of amides is 1. The number of nitrogens with zero attached hydrogens (tertiary/aromatic N) is 3. The van der Waals surface area contributed by atoms with E-state index in [1.165, 1.54) is 4.31 Å². The highest BCUT2D eigenvalue weighted by atomic mass is 32.2. The lowest BCUT2D eigenvalue weighted by atomic mass is 9.74. The van der Waals surface area contributed by atoms with Gasteiger partial charge in [0, 0.05) is 38.8 Å². The average Bonchev–Trinajstić information content (AvgIpc) is 3.52. The maximum absolute atomic E-state index is 13.9. The Morgan fingerprint density at radius 1 is 0.914 bits per heavy atom. The average molecular weight is 515 g/mol. The van der Waals surface area contributed by atoms with Crippen LogP contribution in [0.1, 0.15) is 38.5 Å². The highest BCUT2D eigenvalue weighted by molar-refractivity contribution is 7.89. The second kappa shape index (κ2) is 9.64. The molecule has 4 aliphatic rings. The summed E-state index contributed by atoms with van der Waals surface area (Å²) in [5, 5.41) is 1.66. The molecule has 0 aromatic heterocycles. The van der Waals surface area contributed by atoms with Crippen LogP contribution in [0, 0.1) is 17.8 Å². The molecule has 35 heavy (non-hydrogen) atoms. The summed E-state index contributed by atoms with van der Waals surface area (Å²) in [6.07, 6.45) is -0.179. The molecule has 11 heteroatoms. The van der Waals surface area contributed by atoms with Gasteiger partial charge >= 0.3 is 6.18 Å². The molecule has 194 valence electrons. The maximum atomic E-state index is 13.9. The molecular formula is C24H33F3N4O3S. The minimum absolute atomic E-state index is 0.181. The topological polar surface area (TPSA) is 73.0 Å². The number of benzene rings is 1. The molecule has 0 aliphatic carbocycles. The molecule has 1 amide bonds. The summed E-state index contributed by atoms with van der Waals surface area (Å²) >= 11 is 0. The van der Waals surface area contributed by atoms with Gasteiger partial charge in [-0.2, -0.15) is 17.5 Å². The van der Waals surface area contributed by atoms with Crippen LogP contribution in [-0.4, -0.2) is 79.5 Å². The quantitative estimate of drug-likeness (QED) is 0.669. The first kappa shape index (κ1) is 25.0. The smallest absolute Gasteiger partial charge is 0.342 e. The van der Waals surface area contributed by atoms with E-state index in [9.17, 15) is 26.4 Å². The molecule has 4 saturated heterocycles. The number of sulfonamides is 1. The van der Waals surface area contributed by atoms with E-state index >= 15 is 0 Å². The van der Waals surface area contributed by atoms with Crippen LogP contribution in [0.4, 0.5) is 13.2 Å². The third-order valence-corrected chi connectivity index (χ3v) is 10.3. The van der Waals surface area contributed by atoms with Crippen molar-refractivity contribution in [3.63, 3.8) is 0 Å². The summed E-state index contributed by atoms with van der Waals surface area (Å²) < 4.78 is 69.2. The number of likely N-dealkylation sites (tertiary alicyclic amines) is 1. The van der Waals surface area contributed by atoms with Gasteiger partial charge in [0.05, 0.1) is 10.8 Å². The molecule has 4 fully saturated rings. The number of carbonyl (C=O) groups is 1. The molecule has 0 saturated carbocycles. The Hall–Kier alpha value is -1.69. The molecule has 7 nitrogen and oxygen atoms in total. The summed E-state index contributed by atoms with van der Waals surface area (Å²) in [5.74, 6) is -1.09. The van der Waals surface area contributed by atoms with Gasteiger partial charge in [0.25, 0.3) is 0 Å². The molecule has 4 aliphatic heterocycles. The lowest BCUT2D eigenvalue weighted by Gasteiger charge is -2.42. The highest BCUT2D eigenvalue weighted by Gasteiger charge is 2.59. The highest BCUT2D eigenvalue weighted by Crippen LogP contribution is 2.43. The van der Waals surface area contributed by atoms with E-state index in [0.717, 1.165) is 19.3 Å². The van der Waals surface area contributed by atoms with Crippen LogP contribution in [0.3, 0.4) is 0 Å². The Kier molecular flexibility index (Phi) is 6.88. The number of halogens is 3. The number of piperidine rings is 2. The van der Waals surface area contributed by atoms with Gasteiger partial charge in [0.15, 0.2) is 0 Å². The monoisotopic (exact) mass is 514 g/mol. The molecule has 0 bridgehead atoms. The minimum atomic E-state index is -4.50. The lowest BCUT2D eigenvalue weighted by molar-refractivity contribution is -0.172. The van der Waals surface area contributed by atoms with E-state index in [1.54, 1.807) is 40.2 Å². The second-order valence-electron chi connectivity index (χ2n) is 10.3. The van der Waals surface area contributed by atoms with Crippen molar-refractivity contribution in [2.75, 3.05) is 32.7 Å². The van der Waals surface area contributed by atoms with Crippen LogP contribution in [0.15, 0.2) is 35.2 Å². The largest absolute Gasteiger partial charge is 0.406 e. The van der Waals surface area contributed by atoms with Crippen molar-refractivity contribution >= 4 is 15.9 Å². The van der Waals surface area contributed by atoms with Crippen LogP contribution < -0.4 is 5.43 Å². The van der Waals surface area contributed by atoms with Gasteiger partial charge in [0.1, 0.15) is 6.04 Å². The first-order valence-corrected chi connectivity index (χ1v) is 14.0. The van der Waals surface area contributed by atoms with Crippen molar-refractivity contribution in [1.29, 1.82) is 0 Å². The normalized spacial score (nSPS) is 31.6. The number of fused-ring (bicyclic) bond motifs is 1. The van der Waals surface area contributed by atoms with E-state index < -0.39 is 34.2 Å². The number of rotatable bonds is 4. The van der Waals surface area contributed by atoms with E-state index in [1.807, 2.05) is 0 Å². The Morgan fingerprint density at radius 3 is 2.17 bits per heavy atom. The minimum Gasteiger partial charge on any atom is -0.342 e. The van der Waals surface area contributed by atoms with Gasteiger partial charge < -0.3 is 4.90 Å². The summed E-state index contributed by atoms with van der Waals surface area (Å²) in [5.41, 5.74) is 2.63. The zero-order valence-electron chi connectivity index (χ0n) is 19.7. The Balaban J connectivity index is 1.27. The molecule has 0 spiro atoms. The van der Waals surface area contributed by atoms with Crippen molar-refractivity contribution in [2.24, 2.45) is 17.8 Å². The summed E-state index contributed by atoms with van der Waals surface area (Å²) in [6, 6.07) is 6.05. The van der Waals surface area contributed by atoms with E-state index in [2.05, 4.69) is 5.43 Å². The van der Waals surface area contributed by atoms with Gasteiger partial charge in [-0.1, -0.05) is 18.2 Å². The second-order valence-corrected chi connectivity index (χ2v) is 12.2. The Labute approximate surface area is 204 Å². The van der Waals surface area contributed by atoms with E-state index in [0.29, 0.717) is 52.0 Å². The van der Waals surface area contributed by atoms with Crippen molar-refractivity contribution in [3.8, 4) is 0 Å². The summed E-state index contributed by atoms with van der Waals surface area (Å²) in [4.78, 5) is 15.1. The zero-order valence-corrected chi connectivity index (χ0v) is 20.5. The SMILES string of the molecule is O=C(C1C2CC(C3CCN(S(=O)(=O)c4ccccc4)CC3)CCN2NC1C(F)(F)F)N1CCCC1. The number of hydrogen-bond acceptors (Lipinski definition) is 5. The molecule has 1 aromatic rings. The maximum Gasteiger partial charge on any atom is 0.406 e. The summed E-state index contributed by atoms with van der Waals surface area (Å²) in [6.45, 7) is 2.35. The van der Waals surface area contributed by atoms with Gasteiger partial charge in [-0.25, -0.2) is 18.9 Å². The van der Waals surface area contributed by atoms with Crippen molar-refractivity contribution in [2.45, 2.75) is 61.7 Å². The molecule has 1 aromatic carbocycles. The van der Waals surface area contributed by atoms with Crippen LogP contribution in [0.5, 0.6) is 0 Å². The lowest BCUT2D eigenvalue weighted by Crippen LogP contribution is -2.50. The van der Waals surface area contributed by atoms with Crippen molar-refractivity contribution < 1.29 is 26.4 Å². The predicted octanol–water partition coefficient (Wildman–Crippen LogP) is 2.86. The van der Waals surface area contributed by atoms with Crippen molar-refractivity contribution in [1.82, 2.24) is 19.6 Å². The standard InChI is InChI=1S/C24H33F3N4O3S/c25-24(26,27)22-21(23(32)29-11-4-5-12-29)20-16-18(10-15-31(20)28-22)17-8-13-30(14-9-17)35(33,34)19-6-2-1-3-7-19/h1-3,6-7,17-18,20-22,28H,4-5,8-16H2. The third kappa shape index (κ3) is 4.84. The van der Waals surface area contributed by atoms with Crippen molar-refractivity contribution in [3.05, 3.63) is 30.3 Å². The molecule has 0 radical (unpaired) electrons. The molecule has 4 atom stereocenters. The van der Waals surface area contributed by atoms with Crippen LogP contribution >= 0.6 is 0 Å². The number of carbonyl (C=O) groups excluding carboxylic acids is 1. The van der Waals surface area contributed by atoms with Gasteiger partial charge in [-0.15, -0.1) is 0 Å². The number of hydrogen-bond donors (Lipinski definition) is 1. The predicted molar refractivity (Wildman–Crippen MR) is 123 cm³/mol. The van der Waals surface area contributed by atoms with Crippen LogP contribution in [0.25, 0.3) is 0 Å². The third-order valence-electron chi connectivity index (χ3n) is 8.37. The fourth-order valence-electron chi connectivity index (χ4n) is 6.50. The molecule has 5 rings (SSSR count). The zero-order chi connectivity index (χ0) is 24.8. The number of hydrazine groups is 1. The van der Waals surface area contributed by atoms with Gasteiger partial charge in [-0.05, 0) is 62.5 Å². The van der Waals surface area contributed by atoms with Gasteiger partial charge in [-0.3, -0.25) is 4.79 Å². The van der Waals surface area contributed by atoms with Crippen LogP contribution in [0.2, 0.25) is 0 Å². The van der Waals surface area contributed by atoms with E-state index in [-0.39, 0.29) is 22.6 Å². The molecular weight excluding hydrogens is 481 g/mol. The van der Waals surface area contributed by atoms with Crippen LogP contribution in [-0.2, 0) is 14.8 Å². The molecule has 4 unspecified atom stereocenters. The summed E-state index contributed by atoms with van der Waals surface area (Å²) in [7, 11) is -3.54. The fraction of sp³-hybridized carbons (Fsp3) is 0.708. The first-order valence-electron chi connectivity index (χ1n) is 12.6. The molecule has 4 heterocycles.